The monoisotopic (exact) mass is 291 g/mol. The average Bonchev–Trinajstić information content (AvgIpc) is 2.82. The van der Waals surface area contributed by atoms with Gasteiger partial charge in [0.15, 0.2) is 0 Å². The van der Waals surface area contributed by atoms with Crippen molar-refractivity contribution in [3.8, 4) is 0 Å². The molecule has 3 rings (SSSR count). The highest BCUT2D eigenvalue weighted by atomic mass is 79.9. The zero-order valence-electron chi connectivity index (χ0n) is 9.49. The lowest BCUT2D eigenvalue weighted by atomic mass is 9.99. The Morgan fingerprint density at radius 3 is 2.71 bits per heavy atom. The van der Waals surface area contributed by atoms with Gasteiger partial charge in [0, 0.05) is 15.8 Å². The van der Waals surface area contributed by atoms with Gasteiger partial charge in [-0.25, -0.2) is 9.97 Å². The number of anilines is 1. The number of fused-ring (bicyclic) bond motifs is 1. The minimum Gasteiger partial charge on any atom is -0.368 e. The Morgan fingerprint density at radius 2 is 1.94 bits per heavy atom. The molecule has 0 aliphatic heterocycles. The van der Waals surface area contributed by atoms with Crippen molar-refractivity contribution in [1.82, 2.24) is 9.97 Å². The maximum atomic E-state index is 5.80. The van der Waals surface area contributed by atoms with Gasteiger partial charge in [-0.3, -0.25) is 0 Å². The van der Waals surface area contributed by atoms with E-state index in [1.54, 1.807) is 0 Å². The Kier molecular flexibility index (Phi) is 2.74. The minimum atomic E-state index is 0.390. The fraction of sp³-hybridized carbons (Fsp3) is 0.385. The molecule has 1 aliphatic carbocycles. The van der Waals surface area contributed by atoms with Gasteiger partial charge in [-0.2, -0.15) is 0 Å². The molecule has 1 aromatic heterocycles. The van der Waals surface area contributed by atoms with Crippen molar-refractivity contribution >= 4 is 32.8 Å². The number of nitrogens with zero attached hydrogens (tertiary/aromatic N) is 2. The zero-order chi connectivity index (χ0) is 11.8. The van der Waals surface area contributed by atoms with Gasteiger partial charge in [-0.05, 0) is 31.0 Å². The van der Waals surface area contributed by atoms with E-state index in [1.807, 2.05) is 12.1 Å². The van der Waals surface area contributed by atoms with E-state index >= 15 is 0 Å². The number of benzene rings is 1. The number of nitrogen functional groups attached to an aromatic ring is 1. The first-order valence-corrected chi connectivity index (χ1v) is 6.76. The van der Waals surface area contributed by atoms with Crippen LogP contribution in [0.2, 0.25) is 0 Å². The summed E-state index contributed by atoms with van der Waals surface area (Å²) in [4.78, 5) is 8.76. The lowest BCUT2D eigenvalue weighted by Crippen LogP contribution is -2.04. The molecule has 1 fully saturated rings. The van der Waals surface area contributed by atoms with Crippen molar-refractivity contribution in [2.45, 2.75) is 31.6 Å². The molecule has 0 saturated heterocycles. The van der Waals surface area contributed by atoms with Gasteiger partial charge in [0.2, 0.25) is 5.95 Å². The lowest BCUT2D eigenvalue weighted by Gasteiger charge is -2.12. The third-order valence-corrected chi connectivity index (χ3v) is 3.94. The van der Waals surface area contributed by atoms with Crippen LogP contribution in [0.4, 0.5) is 5.95 Å². The van der Waals surface area contributed by atoms with Crippen LogP contribution in [0.3, 0.4) is 0 Å². The van der Waals surface area contributed by atoms with Gasteiger partial charge in [-0.15, -0.1) is 0 Å². The molecule has 1 aliphatic rings. The fourth-order valence-corrected chi connectivity index (χ4v) is 3.01. The smallest absolute Gasteiger partial charge is 0.220 e. The zero-order valence-corrected chi connectivity index (χ0v) is 11.1. The quantitative estimate of drug-likeness (QED) is 0.873. The van der Waals surface area contributed by atoms with Crippen LogP contribution in [-0.2, 0) is 0 Å². The summed E-state index contributed by atoms with van der Waals surface area (Å²) in [6, 6.07) is 6.09. The highest BCUT2D eigenvalue weighted by molar-refractivity contribution is 9.10. The molecule has 2 aromatic rings. The van der Waals surface area contributed by atoms with Crippen molar-refractivity contribution < 1.29 is 0 Å². The van der Waals surface area contributed by atoms with E-state index in [2.05, 4.69) is 32.0 Å². The molecule has 4 heteroatoms. The topological polar surface area (TPSA) is 51.8 Å². The molecule has 0 spiro atoms. The third kappa shape index (κ3) is 2.02. The van der Waals surface area contributed by atoms with Crippen LogP contribution >= 0.6 is 15.9 Å². The Bertz CT molecular complexity index is 562. The molecule has 88 valence electrons. The van der Waals surface area contributed by atoms with Crippen molar-refractivity contribution in [3.63, 3.8) is 0 Å². The van der Waals surface area contributed by atoms with Gasteiger partial charge in [0.1, 0.15) is 0 Å². The van der Waals surface area contributed by atoms with Crippen LogP contribution in [0.1, 0.15) is 37.3 Å². The van der Waals surface area contributed by atoms with Crippen LogP contribution in [0.5, 0.6) is 0 Å². The predicted molar refractivity (Wildman–Crippen MR) is 72.9 cm³/mol. The second-order valence-corrected chi connectivity index (χ2v) is 5.53. The first-order chi connectivity index (χ1) is 8.24. The maximum Gasteiger partial charge on any atom is 0.220 e. The van der Waals surface area contributed by atoms with E-state index in [0.717, 1.165) is 21.1 Å². The summed E-state index contributed by atoms with van der Waals surface area (Å²) >= 11 is 3.51. The number of halogens is 1. The molecule has 0 unspecified atom stereocenters. The highest BCUT2D eigenvalue weighted by Gasteiger charge is 2.21. The summed E-state index contributed by atoms with van der Waals surface area (Å²) in [5.41, 5.74) is 7.87. The molecule has 3 nitrogen and oxygen atoms in total. The average molecular weight is 292 g/mol. The van der Waals surface area contributed by atoms with Crippen LogP contribution in [-0.4, -0.2) is 9.97 Å². The molecule has 0 atom stereocenters. The van der Waals surface area contributed by atoms with Crippen LogP contribution in [0.15, 0.2) is 22.7 Å². The van der Waals surface area contributed by atoms with Gasteiger partial charge in [0.05, 0.1) is 11.2 Å². The van der Waals surface area contributed by atoms with Crippen LogP contribution in [0, 0.1) is 0 Å². The standard InChI is InChI=1S/C13H14BrN3/c14-9-5-6-11-10(7-9)12(17-13(15)16-11)8-3-1-2-4-8/h5-8H,1-4H2,(H2,15,16,17). The van der Waals surface area contributed by atoms with Gasteiger partial charge in [0.25, 0.3) is 0 Å². The van der Waals surface area contributed by atoms with Crippen LogP contribution in [0.25, 0.3) is 10.9 Å². The molecule has 0 radical (unpaired) electrons. The van der Waals surface area contributed by atoms with Gasteiger partial charge in [-0.1, -0.05) is 28.8 Å². The van der Waals surface area contributed by atoms with E-state index in [9.17, 15) is 0 Å². The summed E-state index contributed by atoms with van der Waals surface area (Å²) in [6.07, 6.45) is 5.03. The second kappa shape index (κ2) is 4.26. The van der Waals surface area contributed by atoms with Gasteiger partial charge < -0.3 is 5.73 Å². The van der Waals surface area contributed by atoms with E-state index in [0.29, 0.717) is 11.9 Å². The molecule has 1 saturated carbocycles. The summed E-state index contributed by atoms with van der Waals surface area (Å²) in [7, 11) is 0. The molecule has 0 bridgehead atoms. The molecule has 1 heterocycles. The normalized spacial score (nSPS) is 16.8. The second-order valence-electron chi connectivity index (χ2n) is 4.61. The van der Waals surface area contributed by atoms with Crippen molar-refractivity contribution in [2.75, 3.05) is 5.73 Å². The van der Waals surface area contributed by atoms with E-state index in [-0.39, 0.29) is 0 Å². The first kappa shape index (κ1) is 11.0. The molecule has 2 N–H and O–H groups in total. The Labute approximate surface area is 109 Å². The van der Waals surface area contributed by atoms with E-state index in [1.165, 1.54) is 25.7 Å². The lowest BCUT2D eigenvalue weighted by molar-refractivity contribution is 0.704. The van der Waals surface area contributed by atoms with Crippen molar-refractivity contribution in [1.29, 1.82) is 0 Å². The molecular formula is C13H14BrN3. The molecular weight excluding hydrogens is 278 g/mol. The summed E-state index contributed by atoms with van der Waals surface area (Å²) in [5, 5.41) is 1.14. The number of hydrogen-bond acceptors (Lipinski definition) is 3. The minimum absolute atomic E-state index is 0.390. The summed E-state index contributed by atoms with van der Waals surface area (Å²) in [5.74, 6) is 0.943. The largest absolute Gasteiger partial charge is 0.368 e. The highest BCUT2D eigenvalue weighted by Crippen LogP contribution is 2.37. The van der Waals surface area contributed by atoms with E-state index < -0.39 is 0 Å². The van der Waals surface area contributed by atoms with Crippen molar-refractivity contribution in [2.24, 2.45) is 0 Å². The number of nitrogens with two attached hydrogens (primary N) is 1. The Balaban J connectivity index is 2.23. The predicted octanol–water partition coefficient (Wildman–Crippen LogP) is 3.63. The Hall–Kier alpha value is -1.16. The fourth-order valence-electron chi connectivity index (χ4n) is 2.65. The number of hydrogen-bond donors (Lipinski definition) is 1. The molecule has 0 amide bonds. The molecule has 17 heavy (non-hydrogen) atoms. The first-order valence-electron chi connectivity index (χ1n) is 5.97. The summed E-state index contributed by atoms with van der Waals surface area (Å²) < 4.78 is 1.07. The maximum absolute atomic E-state index is 5.80. The number of aromatic nitrogens is 2. The Morgan fingerprint density at radius 1 is 1.18 bits per heavy atom. The van der Waals surface area contributed by atoms with E-state index in [4.69, 9.17) is 5.73 Å². The van der Waals surface area contributed by atoms with Gasteiger partial charge >= 0.3 is 0 Å². The summed E-state index contributed by atoms with van der Waals surface area (Å²) in [6.45, 7) is 0. The third-order valence-electron chi connectivity index (χ3n) is 3.45. The van der Waals surface area contributed by atoms with Crippen molar-refractivity contribution in [3.05, 3.63) is 28.4 Å². The van der Waals surface area contributed by atoms with Crippen LogP contribution < -0.4 is 5.73 Å². The molecule has 1 aromatic carbocycles. The number of rotatable bonds is 1. The SMILES string of the molecule is Nc1nc(C2CCCC2)c2cc(Br)ccc2n1.